The smallest absolute Gasteiger partial charge is 0.0540 e. The van der Waals surface area contributed by atoms with E-state index in [1.54, 1.807) is 22.3 Å². The lowest BCUT2D eigenvalue weighted by Gasteiger charge is -2.61. The molecule has 8 aliphatic rings. The minimum absolute atomic E-state index is 0.135. The lowest BCUT2D eigenvalue weighted by atomic mass is 9.43. The zero-order valence-electron chi connectivity index (χ0n) is 37.4. The van der Waals surface area contributed by atoms with Crippen LogP contribution in [-0.2, 0) is 10.8 Å². The van der Waals surface area contributed by atoms with E-state index in [1.807, 2.05) is 0 Å². The fourth-order valence-electron chi connectivity index (χ4n) is 16.5. The Labute approximate surface area is 380 Å². The first-order valence-electron chi connectivity index (χ1n) is 25.1. The summed E-state index contributed by atoms with van der Waals surface area (Å²) in [4.78, 5) is 2.50. The first kappa shape index (κ1) is 37.7. The molecule has 6 bridgehead atoms. The molecule has 8 aliphatic carbocycles. The lowest BCUT2D eigenvalue weighted by Crippen LogP contribution is -2.55. The van der Waals surface area contributed by atoms with E-state index in [2.05, 4.69) is 176 Å². The Hall–Kier alpha value is -5.66. The maximum atomic E-state index is 2.66. The van der Waals surface area contributed by atoms with Crippen molar-refractivity contribution in [1.29, 1.82) is 0 Å². The molecule has 316 valence electrons. The van der Waals surface area contributed by atoms with E-state index in [9.17, 15) is 0 Å². The van der Waals surface area contributed by atoms with Crippen molar-refractivity contribution in [2.45, 2.75) is 88.4 Å². The standard InChI is InChI=1S/C63H59N/c1-2-40-30-41-28-29-62(47(32-40)33-41)57-17-9-6-15-53(57)55-26-22-45(38-59(55)62)44-20-24-51(25-21-44)64(50-12-4-3-5-13-50)61-19-11-8-14-52(61)46-23-27-56-54-16-7-10-18-58(54)63(60(56)39-46)48-34-42-31-43(36-48)37-49(63)35-42/h3-27,38-43,47-49H,2,28-37H2,1H3. The number of hydrogen-bond acceptors (Lipinski definition) is 1. The van der Waals surface area contributed by atoms with E-state index < -0.39 is 0 Å². The zero-order valence-corrected chi connectivity index (χ0v) is 37.4. The highest BCUT2D eigenvalue weighted by molar-refractivity contribution is 5.92. The number of anilines is 3. The van der Waals surface area contributed by atoms with Crippen molar-refractivity contribution in [2.24, 2.45) is 41.4 Å². The first-order chi connectivity index (χ1) is 31.6. The van der Waals surface area contributed by atoms with Crippen LogP contribution in [0.15, 0.2) is 164 Å². The minimum Gasteiger partial charge on any atom is -0.310 e. The van der Waals surface area contributed by atoms with Gasteiger partial charge in [-0.05, 0) is 209 Å². The predicted octanol–water partition coefficient (Wildman–Crippen LogP) is 16.7. The summed E-state index contributed by atoms with van der Waals surface area (Å²) in [5.41, 5.74) is 21.5. The maximum absolute atomic E-state index is 2.66. The Kier molecular flexibility index (Phi) is 8.34. The lowest BCUT2D eigenvalue weighted by molar-refractivity contribution is -0.0399. The number of nitrogens with zero attached hydrogens (tertiary/aromatic N) is 1. The van der Waals surface area contributed by atoms with E-state index in [4.69, 9.17) is 0 Å². The van der Waals surface area contributed by atoms with Crippen molar-refractivity contribution >= 4 is 17.1 Å². The van der Waals surface area contributed by atoms with Gasteiger partial charge in [0.15, 0.2) is 0 Å². The molecule has 0 aliphatic heterocycles. The van der Waals surface area contributed by atoms with Gasteiger partial charge in [0.2, 0.25) is 0 Å². The monoisotopic (exact) mass is 829 g/mol. The Morgan fingerprint density at radius 1 is 0.422 bits per heavy atom. The third-order valence-corrected chi connectivity index (χ3v) is 18.8. The first-order valence-corrected chi connectivity index (χ1v) is 25.1. The second-order valence-electron chi connectivity index (χ2n) is 21.6. The Bertz CT molecular complexity index is 2930. The molecule has 0 saturated heterocycles. The highest BCUT2D eigenvalue weighted by Crippen LogP contribution is 2.70. The average molecular weight is 830 g/mol. The van der Waals surface area contributed by atoms with Gasteiger partial charge in [0.25, 0.3) is 0 Å². The predicted molar refractivity (Wildman–Crippen MR) is 265 cm³/mol. The molecule has 7 aromatic carbocycles. The summed E-state index contributed by atoms with van der Waals surface area (Å²) in [6.07, 6.45) is 15.3. The Morgan fingerprint density at radius 3 is 1.73 bits per heavy atom. The summed E-state index contributed by atoms with van der Waals surface area (Å²) in [5, 5.41) is 0. The molecule has 4 atom stereocenters. The quantitative estimate of drug-likeness (QED) is 0.161. The summed E-state index contributed by atoms with van der Waals surface area (Å²) in [5.74, 6) is 5.85. The van der Waals surface area contributed by atoms with Crippen LogP contribution in [0.4, 0.5) is 17.1 Å². The van der Waals surface area contributed by atoms with Crippen LogP contribution in [0.25, 0.3) is 44.5 Å². The molecular weight excluding hydrogens is 771 g/mol. The SMILES string of the molecule is CCC1CC2CCC3(c4ccccc4-c4ccc(-c5ccc(N(c6ccccc6)c6ccccc6-c6ccc7c(c6)C6(c8ccccc8-7)C7CC8CC(C7)CC6C8)cc5)cc43)C(C1)C2. The summed E-state index contributed by atoms with van der Waals surface area (Å²) >= 11 is 0. The highest BCUT2D eigenvalue weighted by atomic mass is 15.1. The van der Waals surface area contributed by atoms with Gasteiger partial charge in [0.05, 0.1) is 5.69 Å². The van der Waals surface area contributed by atoms with Crippen molar-refractivity contribution in [3.63, 3.8) is 0 Å². The van der Waals surface area contributed by atoms with Crippen LogP contribution in [0.3, 0.4) is 0 Å². The van der Waals surface area contributed by atoms with E-state index in [0.717, 1.165) is 41.4 Å². The molecule has 1 heteroatoms. The molecule has 0 aromatic heterocycles. The van der Waals surface area contributed by atoms with Crippen LogP contribution in [0.2, 0.25) is 0 Å². The van der Waals surface area contributed by atoms with Crippen LogP contribution in [-0.4, -0.2) is 0 Å². The largest absolute Gasteiger partial charge is 0.310 e. The normalized spacial score (nSPS) is 29.7. The molecule has 15 rings (SSSR count). The van der Waals surface area contributed by atoms with Gasteiger partial charge in [-0.1, -0.05) is 135 Å². The van der Waals surface area contributed by atoms with E-state index in [-0.39, 0.29) is 10.8 Å². The van der Waals surface area contributed by atoms with Crippen molar-refractivity contribution < 1.29 is 0 Å². The molecule has 0 amide bonds. The molecule has 7 aromatic rings. The van der Waals surface area contributed by atoms with Gasteiger partial charge in [0, 0.05) is 27.8 Å². The average Bonchev–Trinajstić information content (AvgIpc) is 3.80. The van der Waals surface area contributed by atoms with Gasteiger partial charge < -0.3 is 4.90 Å². The molecule has 64 heavy (non-hydrogen) atoms. The van der Waals surface area contributed by atoms with Crippen LogP contribution in [0.1, 0.15) is 99.8 Å². The van der Waals surface area contributed by atoms with Gasteiger partial charge in [-0.25, -0.2) is 0 Å². The summed E-state index contributed by atoms with van der Waals surface area (Å²) in [7, 11) is 0. The molecule has 0 heterocycles. The zero-order chi connectivity index (χ0) is 42.1. The summed E-state index contributed by atoms with van der Waals surface area (Å²) in [6, 6.07) is 63.8. The molecule has 0 N–H and O–H groups in total. The highest BCUT2D eigenvalue weighted by Gasteiger charge is 2.61. The third-order valence-electron chi connectivity index (χ3n) is 18.8. The molecule has 6 fully saturated rings. The fourth-order valence-corrected chi connectivity index (χ4v) is 16.5. The molecule has 4 unspecified atom stereocenters. The van der Waals surface area contributed by atoms with Crippen LogP contribution in [0.5, 0.6) is 0 Å². The van der Waals surface area contributed by atoms with Crippen molar-refractivity contribution in [3.05, 3.63) is 186 Å². The third kappa shape index (κ3) is 5.25. The van der Waals surface area contributed by atoms with Gasteiger partial charge in [-0.3, -0.25) is 0 Å². The van der Waals surface area contributed by atoms with Gasteiger partial charge in [-0.2, -0.15) is 0 Å². The van der Waals surface area contributed by atoms with Crippen molar-refractivity contribution in [3.8, 4) is 44.5 Å². The second kappa shape index (κ2) is 14.2. The number of para-hydroxylation sites is 2. The van der Waals surface area contributed by atoms with Gasteiger partial charge in [-0.15, -0.1) is 0 Å². The summed E-state index contributed by atoms with van der Waals surface area (Å²) in [6.45, 7) is 2.43. The van der Waals surface area contributed by atoms with Crippen LogP contribution < -0.4 is 4.90 Å². The van der Waals surface area contributed by atoms with Crippen LogP contribution >= 0.6 is 0 Å². The van der Waals surface area contributed by atoms with E-state index in [1.165, 1.54) is 132 Å². The molecule has 0 radical (unpaired) electrons. The van der Waals surface area contributed by atoms with Crippen molar-refractivity contribution in [1.82, 2.24) is 0 Å². The van der Waals surface area contributed by atoms with Crippen LogP contribution in [0, 0.1) is 41.4 Å². The number of hydrogen-bond donors (Lipinski definition) is 0. The van der Waals surface area contributed by atoms with Crippen molar-refractivity contribution in [2.75, 3.05) is 4.90 Å². The van der Waals surface area contributed by atoms with Gasteiger partial charge >= 0.3 is 0 Å². The second-order valence-corrected chi connectivity index (χ2v) is 21.6. The van der Waals surface area contributed by atoms with E-state index >= 15 is 0 Å². The molecule has 6 saturated carbocycles. The minimum atomic E-state index is 0.135. The number of fused-ring (bicyclic) bond motifs is 11. The Morgan fingerprint density at radius 2 is 0.984 bits per heavy atom. The molecule has 1 nitrogen and oxygen atoms in total. The number of benzene rings is 7. The molecule has 2 spiro atoms. The Balaban J connectivity index is 0.857. The molecular formula is C63H59N. The van der Waals surface area contributed by atoms with E-state index in [0.29, 0.717) is 0 Å². The number of rotatable bonds is 6. The topological polar surface area (TPSA) is 3.24 Å². The maximum Gasteiger partial charge on any atom is 0.0540 e. The fraction of sp³-hybridized carbons (Fsp3) is 0.333. The summed E-state index contributed by atoms with van der Waals surface area (Å²) < 4.78 is 0. The van der Waals surface area contributed by atoms with Gasteiger partial charge in [0.1, 0.15) is 0 Å².